The number of hydrogen-bond donors (Lipinski definition) is 2. The number of rotatable bonds is 9. The zero-order chi connectivity index (χ0) is 19.8. The minimum absolute atomic E-state index is 0. The number of methoxy groups -OCH3 is 1. The van der Waals surface area contributed by atoms with Gasteiger partial charge in [0.15, 0.2) is 11.8 Å². The van der Waals surface area contributed by atoms with Crippen LogP contribution in [0.15, 0.2) is 27.8 Å². The Morgan fingerprint density at radius 2 is 2.10 bits per heavy atom. The van der Waals surface area contributed by atoms with Crippen molar-refractivity contribution in [3.05, 3.63) is 35.8 Å². The van der Waals surface area contributed by atoms with Crippen molar-refractivity contribution in [2.75, 3.05) is 39.9 Å². The Labute approximate surface area is 189 Å². The zero-order valence-corrected chi connectivity index (χ0v) is 19.8. The number of furan rings is 1. The Morgan fingerprint density at radius 1 is 1.31 bits per heavy atom. The van der Waals surface area contributed by atoms with Crippen LogP contribution in [0.5, 0.6) is 0 Å². The van der Waals surface area contributed by atoms with Gasteiger partial charge < -0.3 is 24.4 Å². The van der Waals surface area contributed by atoms with Crippen LogP contribution in [0.4, 0.5) is 0 Å². The van der Waals surface area contributed by atoms with Crippen LogP contribution in [0.25, 0.3) is 0 Å². The Hall–Kier alpha value is -1.66. The van der Waals surface area contributed by atoms with Gasteiger partial charge in [-0.3, -0.25) is 4.90 Å². The van der Waals surface area contributed by atoms with Gasteiger partial charge in [0.25, 0.3) is 0 Å². The van der Waals surface area contributed by atoms with Crippen molar-refractivity contribution in [1.29, 1.82) is 0 Å². The predicted octanol–water partition coefficient (Wildman–Crippen LogP) is 1.85. The number of hydrogen-bond acceptors (Lipinski definition) is 6. The van der Waals surface area contributed by atoms with Crippen LogP contribution in [0.1, 0.15) is 36.3 Å². The lowest BCUT2D eigenvalue weighted by Gasteiger charge is -2.26. The van der Waals surface area contributed by atoms with E-state index in [0.717, 1.165) is 36.5 Å². The number of halogens is 1. The molecule has 0 aliphatic carbocycles. The second-order valence-corrected chi connectivity index (χ2v) is 6.96. The maximum absolute atomic E-state index is 5.70. The second kappa shape index (κ2) is 12.1. The highest BCUT2D eigenvalue weighted by Crippen LogP contribution is 2.24. The number of nitrogens with one attached hydrogen (secondary N) is 2. The van der Waals surface area contributed by atoms with Gasteiger partial charge >= 0.3 is 0 Å². The van der Waals surface area contributed by atoms with Crippen molar-refractivity contribution < 1.29 is 9.15 Å². The molecule has 0 radical (unpaired) electrons. The fourth-order valence-corrected chi connectivity index (χ4v) is 3.32. The summed E-state index contributed by atoms with van der Waals surface area (Å²) < 4.78 is 12.8. The SMILES string of the molecule is COCCNC(=NCc1nnc(C)n1C)NCC(c1ccco1)N1CCCC1.I. The van der Waals surface area contributed by atoms with Gasteiger partial charge in [0.2, 0.25) is 0 Å². The molecule has 1 atom stereocenters. The summed E-state index contributed by atoms with van der Waals surface area (Å²) in [5.74, 6) is 3.41. The second-order valence-electron chi connectivity index (χ2n) is 6.96. The summed E-state index contributed by atoms with van der Waals surface area (Å²) in [6.45, 7) is 6.57. The van der Waals surface area contributed by atoms with Crippen molar-refractivity contribution >= 4 is 29.9 Å². The van der Waals surface area contributed by atoms with Crippen LogP contribution in [-0.2, 0) is 18.3 Å². The number of nitrogens with zero attached hydrogens (tertiary/aromatic N) is 5. The summed E-state index contributed by atoms with van der Waals surface area (Å²) in [7, 11) is 3.64. The quantitative estimate of drug-likeness (QED) is 0.227. The van der Waals surface area contributed by atoms with Gasteiger partial charge in [-0.1, -0.05) is 0 Å². The molecular weight excluding hydrogens is 485 g/mol. The minimum Gasteiger partial charge on any atom is -0.468 e. The van der Waals surface area contributed by atoms with Crippen LogP contribution >= 0.6 is 24.0 Å². The first-order valence-electron chi connectivity index (χ1n) is 9.82. The molecule has 162 valence electrons. The monoisotopic (exact) mass is 517 g/mol. The average Bonchev–Trinajstić information content (AvgIpc) is 3.45. The van der Waals surface area contributed by atoms with E-state index >= 15 is 0 Å². The largest absolute Gasteiger partial charge is 0.468 e. The number of guanidine groups is 1. The van der Waals surface area contributed by atoms with E-state index in [2.05, 4.69) is 30.7 Å². The third-order valence-corrected chi connectivity index (χ3v) is 5.08. The van der Waals surface area contributed by atoms with Crippen LogP contribution < -0.4 is 10.6 Å². The standard InChI is InChI=1S/C19H31N7O2.HI/c1-15-23-24-18(25(15)2)14-22-19(20-8-12-27-3)21-13-16(17-7-6-11-28-17)26-9-4-5-10-26;/h6-7,11,16H,4-5,8-10,12-14H2,1-3H3,(H2,20,21,22);1H. The maximum Gasteiger partial charge on any atom is 0.191 e. The first-order chi connectivity index (χ1) is 13.7. The highest BCUT2D eigenvalue weighted by molar-refractivity contribution is 14.0. The molecule has 3 heterocycles. The third-order valence-electron chi connectivity index (χ3n) is 5.08. The molecule has 1 fully saturated rings. The van der Waals surface area contributed by atoms with E-state index in [1.807, 2.05) is 30.7 Å². The number of ether oxygens (including phenoxy) is 1. The van der Waals surface area contributed by atoms with Crippen molar-refractivity contribution in [2.45, 2.75) is 32.4 Å². The Bertz CT molecular complexity index is 742. The molecule has 0 aromatic carbocycles. The average molecular weight is 517 g/mol. The van der Waals surface area contributed by atoms with Gasteiger partial charge in [0.05, 0.1) is 18.9 Å². The summed E-state index contributed by atoms with van der Waals surface area (Å²) in [5.41, 5.74) is 0. The molecule has 1 saturated heterocycles. The zero-order valence-electron chi connectivity index (χ0n) is 17.4. The molecule has 10 heteroatoms. The van der Waals surface area contributed by atoms with E-state index in [1.165, 1.54) is 12.8 Å². The molecule has 0 amide bonds. The minimum atomic E-state index is 0. The Kier molecular flexibility index (Phi) is 9.88. The molecule has 9 nitrogen and oxygen atoms in total. The van der Waals surface area contributed by atoms with Crippen LogP contribution in [0.3, 0.4) is 0 Å². The van der Waals surface area contributed by atoms with Gasteiger partial charge in [0, 0.05) is 27.2 Å². The number of aromatic nitrogens is 3. The van der Waals surface area contributed by atoms with E-state index in [4.69, 9.17) is 9.15 Å². The van der Waals surface area contributed by atoms with Crippen LogP contribution in [-0.4, -0.2) is 65.5 Å². The fourth-order valence-electron chi connectivity index (χ4n) is 3.32. The maximum atomic E-state index is 5.70. The highest BCUT2D eigenvalue weighted by atomic mass is 127. The molecule has 3 rings (SSSR count). The first-order valence-corrected chi connectivity index (χ1v) is 9.82. The van der Waals surface area contributed by atoms with Gasteiger partial charge in [-0.15, -0.1) is 34.2 Å². The number of aliphatic imine (C=N–C) groups is 1. The lowest BCUT2D eigenvalue weighted by Crippen LogP contribution is -2.43. The first kappa shape index (κ1) is 23.6. The lowest BCUT2D eigenvalue weighted by molar-refractivity contribution is 0.202. The van der Waals surface area contributed by atoms with E-state index in [9.17, 15) is 0 Å². The van der Waals surface area contributed by atoms with Crippen LogP contribution in [0, 0.1) is 6.92 Å². The molecule has 0 saturated carbocycles. The Balaban J connectivity index is 0.00000300. The molecule has 2 aromatic rings. The fraction of sp³-hybridized carbons (Fsp3) is 0.632. The summed E-state index contributed by atoms with van der Waals surface area (Å²) in [5, 5.41) is 15.1. The molecule has 1 aliphatic heterocycles. The van der Waals surface area contributed by atoms with Gasteiger partial charge in [-0.2, -0.15) is 0 Å². The third kappa shape index (κ3) is 6.68. The van der Waals surface area contributed by atoms with Gasteiger partial charge in [-0.05, 0) is 45.0 Å². The van der Waals surface area contributed by atoms with E-state index in [0.29, 0.717) is 26.2 Å². The van der Waals surface area contributed by atoms with Crippen LogP contribution in [0.2, 0.25) is 0 Å². The van der Waals surface area contributed by atoms with Crippen molar-refractivity contribution in [2.24, 2.45) is 12.0 Å². The molecule has 29 heavy (non-hydrogen) atoms. The van der Waals surface area contributed by atoms with Crippen molar-refractivity contribution in [1.82, 2.24) is 30.3 Å². The summed E-state index contributed by atoms with van der Waals surface area (Å²) in [4.78, 5) is 7.15. The number of likely N-dealkylation sites (tertiary alicyclic amines) is 1. The molecule has 2 aromatic heterocycles. The molecule has 0 spiro atoms. The van der Waals surface area contributed by atoms with Gasteiger partial charge in [-0.25, -0.2) is 4.99 Å². The van der Waals surface area contributed by atoms with E-state index in [-0.39, 0.29) is 30.0 Å². The Morgan fingerprint density at radius 3 is 2.72 bits per heavy atom. The molecule has 1 aliphatic rings. The molecule has 2 N–H and O–H groups in total. The normalized spacial score (nSPS) is 15.9. The number of aryl methyl sites for hydroxylation is 1. The van der Waals surface area contributed by atoms with Gasteiger partial charge in [0.1, 0.15) is 18.1 Å². The van der Waals surface area contributed by atoms with Crippen molar-refractivity contribution in [3.8, 4) is 0 Å². The predicted molar refractivity (Wildman–Crippen MR) is 122 cm³/mol. The smallest absolute Gasteiger partial charge is 0.191 e. The summed E-state index contributed by atoms with van der Waals surface area (Å²) in [6, 6.07) is 4.17. The molecular formula is C19H32IN7O2. The summed E-state index contributed by atoms with van der Waals surface area (Å²) in [6.07, 6.45) is 4.20. The lowest BCUT2D eigenvalue weighted by atomic mass is 10.2. The molecule has 1 unspecified atom stereocenters. The topological polar surface area (TPSA) is 92.7 Å². The molecule has 0 bridgehead atoms. The summed E-state index contributed by atoms with van der Waals surface area (Å²) >= 11 is 0. The van der Waals surface area contributed by atoms with E-state index < -0.39 is 0 Å². The van der Waals surface area contributed by atoms with Crippen molar-refractivity contribution in [3.63, 3.8) is 0 Å². The highest BCUT2D eigenvalue weighted by Gasteiger charge is 2.25. The van der Waals surface area contributed by atoms with E-state index in [1.54, 1.807) is 13.4 Å².